The molecule has 3 N–H and O–H groups in total. The highest BCUT2D eigenvalue weighted by Gasteiger charge is 2.32. The van der Waals surface area contributed by atoms with E-state index < -0.39 is 28.2 Å². The Morgan fingerprint density at radius 2 is 1.95 bits per heavy atom. The maximum atomic E-state index is 14.2. The predicted molar refractivity (Wildman–Crippen MR) is 168 cm³/mol. The van der Waals surface area contributed by atoms with Gasteiger partial charge in [0.1, 0.15) is 9.96 Å². The van der Waals surface area contributed by atoms with Crippen LogP contribution in [-0.2, 0) is 14.8 Å². The highest BCUT2D eigenvalue weighted by atomic mass is 32.2. The number of hydrogen-bond donors (Lipinski definition) is 3. The molecule has 1 aromatic heterocycles. The average Bonchev–Trinajstić information content (AvgIpc) is 3.50. The number of nitrogens with one attached hydrogen (secondary N) is 2. The number of aliphatic hydroxyl groups excluding tert-OH is 1. The Morgan fingerprint density at radius 3 is 2.60 bits per heavy atom. The largest absolute Gasteiger partial charge is 0.490 e. The fourth-order valence-electron chi connectivity index (χ4n) is 4.81. The van der Waals surface area contributed by atoms with Crippen molar-refractivity contribution in [3.8, 4) is 5.75 Å². The number of thiophene rings is 1. The molecule has 2 aromatic rings. The molecule has 4 atom stereocenters. The lowest BCUT2D eigenvalue weighted by molar-refractivity contribution is -0.00832. The third-order valence-electron chi connectivity index (χ3n) is 7.33. The van der Waals surface area contributed by atoms with Crippen molar-refractivity contribution in [3.63, 3.8) is 0 Å². The Morgan fingerprint density at radius 1 is 1.21 bits per heavy atom. The van der Waals surface area contributed by atoms with E-state index >= 15 is 0 Å². The molecule has 0 spiro atoms. The summed E-state index contributed by atoms with van der Waals surface area (Å²) in [5.41, 5.74) is 0.683. The van der Waals surface area contributed by atoms with Crippen LogP contribution in [0.2, 0.25) is 0 Å². The number of ether oxygens (including phenoxy) is 2. The third-order valence-corrected chi connectivity index (χ3v) is 10.5. The van der Waals surface area contributed by atoms with Crippen molar-refractivity contribution in [3.05, 3.63) is 41.3 Å². The van der Waals surface area contributed by atoms with Crippen LogP contribution in [0.1, 0.15) is 64.2 Å². The first-order valence-electron chi connectivity index (χ1n) is 14.7. The lowest BCUT2D eigenvalue weighted by atomic mass is 10.0. The minimum atomic E-state index is -3.70. The zero-order chi connectivity index (χ0) is 31.7. The molecular formula is C30H46N4O7S2. The van der Waals surface area contributed by atoms with Gasteiger partial charge in [-0.2, -0.15) is 4.31 Å². The molecular weight excluding hydrogens is 592 g/mol. The van der Waals surface area contributed by atoms with Crippen LogP contribution >= 0.6 is 11.3 Å². The van der Waals surface area contributed by atoms with Crippen molar-refractivity contribution in [2.45, 2.75) is 82.4 Å². The van der Waals surface area contributed by atoms with Gasteiger partial charge < -0.3 is 30.1 Å². The zero-order valence-electron chi connectivity index (χ0n) is 25.9. The number of fused-ring (bicyclic) bond motifs is 1. The number of anilines is 1. The normalized spacial score (nSPS) is 21.6. The van der Waals surface area contributed by atoms with Crippen LogP contribution in [0.15, 0.2) is 39.9 Å². The second kappa shape index (κ2) is 15.8. The first kappa shape index (κ1) is 34.8. The monoisotopic (exact) mass is 638 g/mol. The topological polar surface area (TPSA) is 138 Å². The van der Waals surface area contributed by atoms with Gasteiger partial charge in [-0.05, 0) is 76.6 Å². The Labute approximate surface area is 259 Å². The molecule has 0 bridgehead atoms. The molecule has 1 aromatic carbocycles. The number of benzene rings is 1. The zero-order valence-corrected chi connectivity index (χ0v) is 27.5. The summed E-state index contributed by atoms with van der Waals surface area (Å²) in [6.07, 6.45) is 1.59. The van der Waals surface area contributed by atoms with Gasteiger partial charge in [0.05, 0.1) is 30.4 Å². The van der Waals surface area contributed by atoms with Crippen LogP contribution in [0.25, 0.3) is 0 Å². The van der Waals surface area contributed by atoms with E-state index in [1.165, 1.54) is 11.4 Å². The number of carbonyl (C=O) groups excluding carboxylic acids is 2. The SMILES string of the molecule is CC(C)NC(=O)Nc1ccc2c(c1)C(=O)N([C@H](C)CO)C[C@H](C)[C@H](CN(C)S(=O)(=O)c1cccs1)OCCCC[C@@H](C)O2. The van der Waals surface area contributed by atoms with Crippen LogP contribution in [0.5, 0.6) is 5.75 Å². The van der Waals surface area contributed by atoms with Crippen molar-refractivity contribution in [2.75, 3.05) is 38.7 Å². The van der Waals surface area contributed by atoms with Gasteiger partial charge in [-0.3, -0.25) is 4.79 Å². The van der Waals surface area contributed by atoms with Crippen LogP contribution in [0.3, 0.4) is 0 Å². The van der Waals surface area contributed by atoms with Crippen molar-refractivity contribution in [1.82, 2.24) is 14.5 Å². The first-order valence-corrected chi connectivity index (χ1v) is 17.1. The second-order valence-electron chi connectivity index (χ2n) is 11.5. The van der Waals surface area contributed by atoms with E-state index in [1.807, 2.05) is 27.7 Å². The minimum Gasteiger partial charge on any atom is -0.490 e. The summed E-state index contributed by atoms with van der Waals surface area (Å²) in [6.45, 7) is 9.75. The molecule has 0 unspecified atom stereocenters. The molecule has 2 heterocycles. The quantitative estimate of drug-likeness (QED) is 0.390. The number of hydrogen-bond acceptors (Lipinski definition) is 8. The molecule has 11 nitrogen and oxygen atoms in total. The average molecular weight is 639 g/mol. The van der Waals surface area contributed by atoms with E-state index in [0.717, 1.165) is 30.6 Å². The number of likely N-dealkylation sites (N-methyl/N-ethyl adjacent to an activating group) is 1. The van der Waals surface area contributed by atoms with Crippen molar-refractivity contribution in [2.24, 2.45) is 5.92 Å². The number of sulfonamides is 1. The van der Waals surface area contributed by atoms with Crippen molar-refractivity contribution >= 4 is 39.0 Å². The Kier molecular flexibility index (Phi) is 12.8. The maximum Gasteiger partial charge on any atom is 0.319 e. The lowest BCUT2D eigenvalue weighted by Gasteiger charge is -2.35. The summed E-state index contributed by atoms with van der Waals surface area (Å²) in [5, 5.41) is 17.4. The molecule has 0 saturated heterocycles. The number of carbonyl (C=O) groups is 2. The first-order chi connectivity index (χ1) is 20.3. The van der Waals surface area contributed by atoms with Crippen LogP contribution in [0, 0.1) is 5.92 Å². The van der Waals surface area contributed by atoms with Gasteiger partial charge in [0, 0.05) is 44.4 Å². The Bertz CT molecular complexity index is 1300. The smallest absolute Gasteiger partial charge is 0.319 e. The minimum absolute atomic E-state index is 0.0694. The van der Waals surface area contributed by atoms with Crippen LogP contribution in [0.4, 0.5) is 10.5 Å². The Balaban J connectivity index is 1.96. The number of aliphatic hydroxyl groups is 1. The summed E-state index contributed by atoms with van der Waals surface area (Å²) < 4.78 is 40.4. The van der Waals surface area contributed by atoms with Gasteiger partial charge in [0.2, 0.25) is 0 Å². The van der Waals surface area contributed by atoms with Gasteiger partial charge >= 0.3 is 6.03 Å². The lowest BCUT2D eigenvalue weighted by Crippen LogP contribution is -2.48. The fourth-order valence-corrected chi connectivity index (χ4v) is 7.19. The van der Waals surface area contributed by atoms with Crippen molar-refractivity contribution in [1.29, 1.82) is 0 Å². The van der Waals surface area contributed by atoms with Gasteiger partial charge in [0.15, 0.2) is 0 Å². The van der Waals surface area contributed by atoms with E-state index in [2.05, 4.69) is 10.6 Å². The highest BCUT2D eigenvalue weighted by Crippen LogP contribution is 2.29. The predicted octanol–water partition coefficient (Wildman–Crippen LogP) is 4.39. The molecule has 3 amide bonds. The summed E-state index contributed by atoms with van der Waals surface area (Å²) in [6, 6.07) is 7.23. The molecule has 0 fully saturated rings. The summed E-state index contributed by atoms with van der Waals surface area (Å²) >= 11 is 1.16. The van der Waals surface area contributed by atoms with E-state index in [4.69, 9.17) is 9.47 Å². The van der Waals surface area contributed by atoms with Gasteiger partial charge in [-0.15, -0.1) is 11.3 Å². The number of nitrogens with zero attached hydrogens (tertiary/aromatic N) is 2. The standard InChI is InChI=1S/C30H46N4O7S2/c1-20(2)31-30(37)32-24-12-13-26-25(16-24)29(36)34(22(4)19-35)17-21(3)27(40-14-8-7-10-23(5)41-26)18-33(6)43(38,39)28-11-9-15-42-28/h9,11-13,15-16,20-23,27,35H,7-8,10,14,17-19H2,1-6H3,(H2,31,32,37)/t21-,22+,23+,27-/m0/s1. The van der Waals surface area contributed by atoms with Crippen LogP contribution in [-0.4, -0.2) is 92.3 Å². The van der Waals surface area contributed by atoms with E-state index in [-0.39, 0.29) is 53.4 Å². The number of urea groups is 1. The van der Waals surface area contributed by atoms with Crippen molar-refractivity contribution < 1.29 is 32.6 Å². The van der Waals surface area contributed by atoms with Gasteiger partial charge in [-0.1, -0.05) is 13.0 Å². The van der Waals surface area contributed by atoms with E-state index in [9.17, 15) is 23.1 Å². The molecule has 0 radical (unpaired) electrons. The number of amides is 3. The van der Waals surface area contributed by atoms with Gasteiger partial charge in [-0.25, -0.2) is 13.2 Å². The summed E-state index contributed by atoms with van der Waals surface area (Å²) in [4.78, 5) is 28.1. The Hall–Kier alpha value is -2.71. The molecule has 1 aliphatic heterocycles. The molecule has 0 saturated carbocycles. The molecule has 240 valence electrons. The molecule has 3 rings (SSSR count). The molecule has 43 heavy (non-hydrogen) atoms. The van der Waals surface area contributed by atoms with E-state index in [1.54, 1.807) is 47.5 Å². The molecule has 0 aliphatic carbocycles. The van der Waals surface area contributed by atoms with E-state index in [0.29, 0.717) is 18.0 Å². The second-order valence-corrected chi connectivity index (χ2v) is 14.7. The fraction of sp³-hybridized carbons (Fsp3) is 0.600. The summed E-state index contributed by atoms with van der Waals surface area (Å²) in [5.74, 6) is -0.274. The van der Waals surface area contributed by atoms with Crippen LogP contribution < -0.4 is 15.4 Å². The molecule has 13 heteroatoms. The maximum absolute atomic E-state index is 14.2. The third kappa shape index (κ3) is 9.64. The van der Waals surface area contributed by atoms with Gasteiger partial charge in [0.25, 0.3) is 15.9 Å². The molecule has 1 aliphatic rings. The highest BCUT2D eigenvalue weighted by molar-refractivity contribution is 7.91. The summed E-state index contributed by atoms with van der Waals surface area (Å²) in [7, 11) is -2.16. The number of rotatable bonds is 8.